The van der Waals surface area contributed by atoms with Crippen molar-refractivity contribution in [2.75, 3.05) is 7.05 Å². The number of aryl methyl sites for hydroxylation is 2. The van der Waals surface area contributed by atoms with Crippen molar-refractivity contribution < 1.29 is 8.96 Å². The minimum Gasteiger partial charge on any atom is -0.291 e. The Morgan fingerprint density at radius 1 is 1.14 bits per heavy atom. The van der Waals surface area contributed by atoms with Gasteiger partial charge in [0, 0.05) is 23.9 Å². The molecule has 1 N–H and O–H groups in total. The molecule has 2 aromatic heterocycles. The molecule has 6 heteroatoms. The maximum Gasteiger partial charge on any atom is 0.268 e. The summed E-state index contributed by atoms with van der Waals surface area (Å²) in [5.74, 6) is 0.858. The van der Waals surface area contributed by atoms with Crippen LogP contribution in [-0.2, 0) is 20.1 Å². The normalized spacial score (nSPS) is 11.3. The Morgan fingerprint density at radius 3 is 2.69 bits per heavy atom. The molecule has 4 aromatic rings. The average molecular weight is 390 g/mol. The third kappa shape index (κ3) is 4.27. The van der Waals surface area contributed by atoms with Gasteiger partial charge in [-0.05, 0) is 43.8 Å². The molecule has 0 bridgehead atoms. The molecule has 4 rings (SSSR count). The summed E-state index contributed by atoms with van der Waals surface area (Å²) in [6.07, 6.45) is 5.97. The van der Waals surface area contributed by atoms with E-state index in [2.05, 4.69) is 40.6 Å². The fraction of sp³-hybridized carbons (Fsp3) is 0.217. The number of rotatable bonds is 6. The predicted octanol–water partition coefficient (Wildman–Crippen LogP) is 3.77. The zero-order chi connectivity index (χ0) is 20.4. The first-order valence-corrected chi connectivity index (χ1v) is 9.61. The second-order valence-electron chi connectivity index (χ2n) is 7.49. The quantitative estimate of drug-likeness (QED) is 0.509. The van der Waals surface area contributed by atoms with Gasteiger partial charge in [0.25, 0.3) is 5.82 Å². The smallest absolute Gasteiger partial charge is 0.268 e. The van der Waals surface area contributed by atoms with E-state index in [1.807, 2.05) is 48.5 Å². The van der Waals surface area contributed by atoms with Crippen LogP contribution < -0.4 is 4.57 Å². The number of H-pyrrole nitrogens is 1. The predicted molar refractivity (Wildman–Crippen MR) is 111 cm³/mol. The second-order valence-corrected chi connectivity index (χ2v) is 7.49. The molecule has 0 aliphatic heterocycles. The summed E-state index contributed by atoms with van der Waals surface area (Å²) in [7, 11) is 4.09. The van der Waals surface area contributed by atoms with Gasteiger partial charge in [0.1, 0.15) is 24.8 Å². The molecule has 0 unspecified atom stereocenters. The Bertz CT molecular complexity index is 1130. The number of hydrogen-bond acceptors (Lipinski definition) is 2. The Labute approximate surface area is 170 Å². The highest BCUT2D eigenvalue weighted by molar-refractivity contribution is 5.63. The first kappa shape index (κ1) is 19.1. The van der Waals surface area contributed by atoms with Gasteiger partial charge < -0.3 is 0 Å². The largest absolute Gasteiger partial charge is 0.291 e. The molecule has 0 radical (unpaired) electrons. The molecular weight excluding hydrogens is 365 g/mol. The molecule has 29 heavy (non-hydrogen) atoms. The highest BCUT2D eigenvalue weighted by Gasteiger charge is 2.17. The Morgan fingerprint density at radius 2 is 1.97 bits per heavy atom. The summed E-state index contributed by atoms with van der Waals surface area (Å²) in [4.78, 5) is 5.48. The highest BCUT2D eigenvalue weighted by Crippen LogP contribution is 2.26. The molecule has 0 aliphatic rings. The summed E-state index contributed by atoms with van der Waals surface area (Å²) in [5, 5.41) is 4.81. The molecule has 0 saturated carbocycles. The van der Waals surface area contributed by atoms with E-state index >= 15 is 0 Å². The first-order valence-electron chi connectivity index (χ1n) is 9.61. The Balaban J connectivity index is 1.69. The molecule has 0 saturated heterocycles. The lowest BCUT2D eigenvalue weighted by molar-refractivity contribution is -0.678. The fourth-order valence-corrected chi connectivity index (χ4v) is 3.50. The fourth-order valence-electron chi connectivity index (χ4n) is 3.50. The molecule has 2 aromatic carbocycles. The molecule has 0 spiro atoms. The maximum atomic E-state index is 13.9. The van der Waals surface area contributed by atoms with E-state index in [1.54, 1.807) is 6.07 Å². The van der Waals surface area contributed by atoms with Gasteiger partial charge in [-0.15, -0.1) is 0 Å². The molecule has 0 fully saturated rings. The van der Waals surface area contributed by atoms with Crippen molar-refractivity contribution in [3.8, 4) is 16.9 Å². The van der Waals surface area contributed by atoms with Gasteiger partial charge in [0.2, 0.25) is 0 Å². The van der Waals surface area contributed by atoms with Crippen LogP contribution in [-0.4, -0.2) is 26.7 Å². The van der Waals surface area contributed by atoms with Gasteiger partial charge in [-0.2, -0.15) is 5.10 Å². The Hall–Kier alpha value is -3.25. The summed E-state index contributed by atoms with van der Waals surface area (Å²) < 4.78 is 17.8. The molecular formula is C23H25FN5+. The van der Waals surface area contributed by atoms with Crippen LogP contribution in [0.4, 0.5) is 4.39 Å². The van der Waals surface area contributed by atoms with E-state index in [0.717, 1.165) is 34.9 Å². The molecule has 0 amide bonds. The van der Waals surface area contributed by atoms with Crippen molar-refractivity contribution in [1.82, 2.24) is 19.7 Å². The van der Waals surface area contributed by atoms with Crippen molar-refractivity contribution in [3.63, 3.8) is 0 Å². The zero-order valence-electron chi connectivity index (χ0n) is 16.9. The van der Waals surface area contributed by atoms with Gasteiger partial charge in [0.15, 0.2) is 0 Å². The third-order valence-electron chi connectivity index (χ3n) is 4.99. The van der Waals surface area contributed by atoms with Crippen LogP contribution in [0.3, 0.4) is 0 Å². The highest BCUT2D eigenvalue weighted by atomic mass is 19.1. The van der Waals surface area contributed by atoms with Crippen LogP contribution in [0.15, 0.2) is 67.1 Å². The third-order valence-corrected chi connectivity index (χ3v) is 4.99. The zero-order valence-corrected chi connectivity index (χ0v) is 16.9. The van der Waals surface area contributed by atoms with Gasteiger partial charge in [-0.25, -0.2) is 18.6 Å². The molecule has 0 aliphatic carbocycles. The minimum atomic E-state index is -0.259. The summed E-state index contributed by atoms with van der Waals surface area (Å²) in [6, 6.07) is 14.8. The van der Waals surface area contributed by atoms with Crippen LogP contribution >= 0.6 is 0 Å². The van der Waals surface area contributed by atoms with Crippen LogP contribution in [0, 0.1) is 12.7 Å². The number of benzene rings is 2. The summed E-state index contributed by atoms with van der Waals surface area (Å²) in [5.41, 5.74) is 4.79. The molecule has 148 valence electrons. The van der Waals surface area contributed by atoms with Crippen molar-refractivity contribution in [1.29, 1.82) is 0 Å². The SMILES string of the molecule is Cc1cccc(-n2cc(CN(C)Cc3[nH]cc[n+]3C)c(-c3cccc(F)c3)n2)c1. The van der Waals surface area contributed by atoms with E-state index < -0.39 is 0 Å². The minimum absolute atomic E-state index is 0.259. The van der Waals surface area contributed by atoms with Crippen LogP contribution in [0.5, 0.6) is 0 Å². The van der Waals surface area contributed by atoms with Crippen LogP contribution in [0.25, 0.3) is 16.9 Å². The first-order chi connectivity index (χ1) is 14.0. The van der Waals surface area contributed by atoms with Crippen molar-refractivity contribution >= 4 is 0 Å². The van der Waals surface area contributed by atoms with Gasteiger partial charge in [-0.3, -0.25) is 4.90 Å². The van der Waals surface area contributed by atoms with Crippen LogP contribution in [0.1, 0.15) is 17.0 Å². The number of nitrogens with zero attached hydrogens (tertiary/aromatic N) is 4. The van der Waals surface area contributed by atoms with E-state index in [0.29, 0.717) is 6.54 Å². The Kier molecular flexibility index (Phi) is 5.27. The average Bonchev–Trinajstić information content (AvgIpc) is 3.28. The lowest BCUT2D eigenvalue weighted by Crippen LogP contribution is -2.34. The second kappa shape index (κ2) is 8.01. The van der Waals surface area contributed by atoms with Crippen molar-refractivity contribution in [3.05, 3.63) is 89.9 Å². The van der Waals surface area contributed by atoms with Gasteiger partial charge >= 0.3 is 0 Å². The number of aromatic amines is 1. The van der Waals surface area contributed by atoms with E-state index in [9.17, 15) is 4.39 Å². The molecule has 5 nitrogen and oxygen atoms in total. The summed E-state index contributed by atoms with van der Waals surface area (Å²) >= 11 is 0. The lowest BCUT2D eigenvalue weighted by atomic mass is 10.1. The maximum absolute atomic E-state index is 13.9. The molecule has 2 heterocycles. The van der Waals surface area contributed by atoms with Crippen molar-refractivity contribution in [2.24, 2.45) is 7.05 Å². The van der Waals surface area contributed by atoms with E-state index in [1.165, 1.54) is 17.7 Å². The monoisotopic (exact) mass is 390 g/mol. The van der Waals surface area contributed by atoms with Crippen LogP contribution in [0.2, 0.25) is 0 Å². The van der Waals surface area contributed by atoms with E-state index in [4.69, 9.17) is 5.10 Å². The number of aromatic nitrogens is 4. The number of hydrogen-bond donors (Lipinski definition) is 1. The van der Waals surface area contributed by atoms with Gasteiger partial charge in [-0.1, -0.05) is 24.3 Å². The number of halogens is 1. The summed E-state index contributed by atoms with van der Waals surface area (Å²) in [6.45, 7) is 3.52. The van der Waals surface area contributed by atoms with E-state index in [-0.39, 0.29) is 5.82 Å². The standard InChI is InChI=1S/C23H24FN5/c1-17-6-4-9-21(12-17)29-15-19(14-27(2)16-22-25-10-11-28(22)3)23(26-29)18-7-5-8-20(24)13-18/h4-13,15H,14,16H2,1-3H3/p+1. The van der Waals surface area contributed by atoms with Crippen molar-refractivity contribution in [2.45, 2.75) is 20.0 Å². The number of nitrogens with one attached hydrogen (secondary N) is 1. The molecule has 0 atom stereocenters. The topological polar surface area (TPSA) is 40.7 Å². The lowest BCUT2D eigenvalue weighted by Gasteiger charge is -2.14. The number of imidazole rings is 1. The van der Waals surface area contributed by atoms with Gasteiger partial charge in [0.05, 0.1) is 18.4 Å².